The van der Waals surface area contributed by atoms with E-state index in [2.05, 4.69) is 6.92 Å². The van der Waals surface area contributed by atoms with Crippen LogP contribution in [0, 0.1) is 5.82 Å². The van der Waals surface area contributed by atoms with E-state index in [0.29, 0.717) is 17.7 Å². The molecule has 1 atom stereocenters. The average molecular weight is 236 g/mol. The van der Waals surface area contributed by atoms with Crippen LogP contribution in [0.5, 0.6) is 5.75 Å². The van der Waals surface area contributed by atoms with Gasteiger partial charge in [0.2, 0.25) is 0 Å². The van der Waals surface area contributed by atoms with Gasteiger partial charge in [0.15, 0.2) is 5.78 Å². The number of unbranched alkanes of at least 4 members (excludes halogenated alkanes) is 2. The molecule has 1 heterocycles. The van der Waals surface area contributed by atoms with Crippen LogP contribution in [0.2, 0.25) is 0 Å². The number of ketones is 1. The van der Waals surface area contributed by atoms with E-state index in [1.165, 1.54) is 12.1 Å². The molecule has 2 nitrogen and oxygen atoms in total. The largest absolute Gasteiger partial charge is 0.489 e. The SMILES string of the molecule is CCCCCC1CC(=O)c2cc(F)ccc2O1. The Bertz CT molecular complexity index is 415. The first-order valence-corrected chi connectivity index (χ1v) is 6.20. The van der Waals surface area contributed by atoms with Crippen LogP contribution in [-0.4, -0.2) is 11.9 Å². The number of ether oxygens (including phenoxy) is 1. The van der Waals surface area contributed by atoms with Crippen molar-refractivity contribution >= 4 is 5.78 Å². The molecule has 1 aliphatic rings. The highest BCUT2D eigenvalue weighted by Gasteiger charge is 2.26. The molecule has 92 valence electrons. The van der Waals surface area contributed by atoms with Gasteiger partial charge in [-0.25, -0.2) is 4.39 Å². The summed E-state index contributed by atoms with van der Waals surface area (Å²) < 4.78 is 18.7. The second-order valence-electron chi connectivity index (χ2n) is 4.50. The van der Waals surface area contributed by atoms with E-state index in [0.717, 1.165) is 25.7 Å². The topological polar surface area (TPSA) is 26.3 Å². The molecular weight excluding hydrogens is 219 g/mol. The van der Waals surface area contributed by atoms with Crippen LogP contribution in [0.25, 0.3) is 0 Å². The number of halogens is 1. The summed E-state index contributed by atoms with van der Waals surface area (Å²) in [6.45, 7) is 2.14. The van der Waals surface area contributed by atoms with Crippen molar-refractivity contribution in [3.05, 3.63) is 29.6 Å². The number of benzene rings is 1. The Morgan fingerprint density at radius 2 is 2.24 bits per heavy atom. The lowest BCUT2D eigenvalue weighted by molar-refractivity contribution is 0.0834. The fourth-order valence-corrected chi connectivity index (χ4v) is 2.14. The Balaban J connectivity index is 2.06. The maximum Gasteiger partial charge on any atom is 0.170 e. The van der Waals surface area contributed by atoms with Gasteiger partial charge in [-0.1, -0.05) is 19.8 Å². The Morgan fingerprint density at radius 3 is 3.00 bits per heavy atom. The van der Waals surface area contributed by atoms with Crippen molar-refractivity contribution < 1.29 is 13.9 Å². The molecule has 1 unspecified atom stereocenters. The van der Waals surface area contributed by atoms with Crippen LogP contribution in [0.3, 0.4) is 0 Å². The maximum atomic E-state index is 13.0. The summed E-state index contributed by atoms with van der Waals surface area (Å²) >= 11 is 0. The highest BCUT2D eigenvalue weighted by atomic mass is 19.1. The Labute approximate surface area is 101 Å². The Kier molecular flexibility index (Phi) is 3.77. The predicted octanol–water partition coefficient (Wildman–Crippen LogP) is 3.74. The van der Waals surface area contributed by atoms with E-state index in [9.17, 15) is 9.18 Å². The molecule has 0 amide bonds. The summed E-state index contributed by atoms with van der Waals surface area (Å²) in [5.41, 5.74) is 0.386. The van der Waals surface area contributed by atoms with Crippen molar-refractivity contribution in [2.24, 2.45) is 0 Å². The highest BCUT2D eigenvalue weighted by Crippen LogP contribution is 2.29. The van der Waals surface area contributed by atoms with Crippen molar-refractivity contribution in [3.63, 3.8) is 0 Å². The van der Waals surface area contributed by atoms with Crippen LogP contribution in [-0.2, 0) is 0 Å². The van der Waals surface area contributed by atoms with Gasteiger partial charge in [-0.2, -0.15) is 0 Å². The third kappa shape index (κ3) is 2.84. The lowest BCUT2D eigenvalue weighted by Gasteiger charge is -2.25. The normalized spacial score (nSPS) is 18.7. The standard InChI is InChI=1S/C14H17FO2/c1-2-3-4-5-11-9-13(16)12-8-10(15)6-7-14(12)17-11/h6-8,11H,2-5,9H2,1H3. The number of carbonyl (C=O) groups is 1. The molecule has 0 spiro atoms. The molecule has 1 aliphatic heterocycles. The van der Waals surface area contributed by atoms with Crippen molar-refractivity contribution in [1.29, 1.82) is 0 Å². The third-order valence-corrected chi connectivity index (χ3v) is 3.08. The predicted molar refractivity (Wildman–Crippen MR) is 63.9 cm³/mol. The molecule has 3 heteroatoms. The fourth-order valence-electron chi connectivity index (χ4n) is 2.14. The van der Waals surface area contributed by atoms with Crippen molar-refractivity contribution in [1.82, 2.24) is 0 Å². The van der Waals surface area contributed by atoms with Crippen LogP contribution in [0.1, 0.15) is 49.4 Å². The van der Waals surface area contributed by atoms with Gasteiger partial charge < -0.3 is 4.74 Å². The number of hydrogen-bond donors (Lipinski definition) is 0. The van der Waals surface area contributed by atoms with E-state index < -0.39 is 0 Å². The summed E-state index contributed by atoms with van der Waals surface area (Å²) in [4.78, 5) is 11.8. The van der Waals surface area contributed by atoms with Gasteiger partial charge in [0.25, 0.3) is 0 Å². The van der Waals surface area contributed by atoms with Gasteiger partial charge in [-0.15, -0.1) is 0 Å². The van der Waals surface area contributed by atoms with Gasteiger partial charge in [-0.05, 0) is 31.0 Å². The highest BCUT2D eigenvalue weighted by molar-refractivity contribution is 5.99. The first kappa shape index (κ1) is 12.1. The molecule has 2 rings (SSSR count). The lowest BCUT2D eigenvalue weighted by Crippen LogP contribution is -2.26. The van der Waals surface area contributed by atoms with Crippen LogP contribution < -0.4 is 4.74 Å². The minimum Gasteiger partial charge on any atom is -0.489 e. The van der Waals surface area contributed by atoms with Gasteiger partial charge in [-0.3, -0.25) is 4.79 Å². The number of fused-ring (bicyclic) bond motifs is 1. The molecule has 0 bridgehead atoms. The molecular formula is C14H17FO2. The van der Waals surface area contributed by atoms with Crippen LogP contribution in [0.15, 0.2) is 18.2 Å². The summed E-state index contributed by atoms with van der Waals surface area (Å²) in [5.74, 6) is 0.140. The molecule has 0 radical (unpaired) electrons. The Hall–Kier alpha value is -1.38. The molecule has 0 N–H and O–H groups in total. The molecule has 0 aliphatic carbocycles. The van der Waals surface area contributed by atoms with E-state index in [1.54, 1.807) is 6.07 Å². The summed E-state index contributed by atoms with van der Waals surface area (Å²) in [6, 6.07) is 4.15. The zero-order chi connectivity index (χ0) is 12.3. The molecule has 0 saturated heterocycles. The van der Waals surface area contributed by atoms with Crippen molar-refractivity contribution in [2.45, 2.75) is 45.1 Å². The second kappa shape index (κ2) is 5.30. The molecule has 17 heavy (non-hydrogen) atoms. The quantitative estimate of drug-likeness (QED) is 0.744. The molecule has 1 aromatic carbocycles. The van der Waals surface area contributed by atoms with E-state index in [-0.39, 0.29) is 17.7 Å². The van der Waals surface area contributed by atoms with Gasteiger partial charge >= 0.3 is 0 Å². The minimum atomic E-state index is -0.384. The van der Waals surface area contributed by atoms with Crippen LogP contribution >= 0.6 is 0 Å². The molecule has 0 aromatic heterocycles. The van der Waals surface area contributed by atoms with Crippen LogP contribution in [0.4, 0.5) is 4.39 Å². The van der Waals surface area contributed by atoms with E-state index in [4.69, 9.17) is 4.74 Å². The summed E-state index contributed by atoms with van der Waals surface area (Å²) in [5, 5.41) is 0. The van der Waals surface area contributed by atoms with Crippen molar-refractivity contribution in [3.8, 4) is 5.75 Å². The average Bonchev–Trinajstić information content (AvgIpc) is 2.31. The lowest BCUT2D eigenvalue weighted by atomic mass is 9.97. The third-order valence-electron chi connectivity index (χ3n) is 3.08. The van der Waals surface area contributed by atoms with Gasteiger partial charge in [0, 0.05) is 6.42 Å². The maximum absolute atomic E-state index is 13.0. The van der Waals surface area contributed by atoms with Gasteiger partial charge in [0.1, 0.15) is 17.7 Å². The minimum absolute atomic E-state index is 0.00718. The van der Waals surface area contributed by atoms with E-state index >= 15 is 0 Å². The monoisotopic (exact) mass is 236 g/mol. The summed E-state index contributed by atoms with van der Waals surface area (Å²) in [6.07, 6.45) is 4.63. The first-order chi connectivity index (χ1) is 8.20. The molecule has 0 saturated carbocycles. The Morgan fingerprint density at radius 1 is 1.41 bits per heavy atom. The number of Topliss-reactive ketones (excluding diaryl/α,β-unsaturated/α-hetero) is 1. The first-order valence-electron chi connectivity index (χ1n) is 6.20. The summed E-state index contributed by atoms with van der Waals surface area (Å²) in [7, 11) is 0. The smallest absolute Gasteiger partial charge is 0.170 e. The number of carbonyl (C=O) groups excluding carboxylic acids is 1. The zero-order valence-electron chi connectivity index (χ0n) is 10.0. The molecule has 1 aromatic rings. The zero-order valence-corrected chi connectivity index (χ0v) is 10.0. The van der Waals surface area contributed by atoms with Crippen molar-refractivity contribution in [2.75, 3.05) is 0 Å². The molecule has 0 fully saturated rings. The number of rotatable bonds is 4. The number of hydrogen-bond acceptors (Lipinski definition) is 2. The fraction of sp³-hybridized carbons (Fsp3) is 0.500. The van der Waals surface area contributed by atoms with Gasteiger partial charge in [0.05, 0.1) is 5.56 Å². The second-order valence-corrected chi connectivity index (χ2v) is 4.50. The van der Waals surface area contributed by atoms with E-state index in [1.807, 2.05) is 0 Å².